The Kier molecular flexibility index (Phi) is 6.78. The second-order valence-corrected chi connectivity index (χ2v) is 11.5. The molecule has 5 rings (SSSR count). The summed E-state index contributed by atoms with van der Waals surface area (Å²) in [5.41, 5.74) is 4.18. The highest BCUT2D eigenvalue weighted by molar-refractivity contribution is 7.90. The summed E-state index contributed by atoms with van der Waals surface area (Å²) in [6.45, 7) is 4.04. The van der Waals surface area contributed by atoms with Crippen LogP contribution in [0.5, 0.6) is 5.75 Å². The molecule has 0 radical (unpaired) electrons. The van der Waals surface area contributed by atoms with Crippen molar-refractivity contribution in [1.29, 1.82) is 0 Å². The lowest BCUT2D eigenvalue weighted by atomic mass is 10.1. The number of hydrogen-bond acceptors (Lipinski definition) is 8. The first-order chi connectivity index (χ1) is 17.7. The van der Waals surface area contributed by atoms with Gasteiger partial charge >= 0.3 is 0 Å². The highest BCUT2D eigenvalue weighted by Crippen LogP contribution is 2.31. The van der Waals surface area contributed by atoms with Gasteiger partial charge in [-0.2, -0.15) is 0 Å². The Balaban J connectivity index is 1.49. The third kappa shape index (κ3) is 5.26. The van der Waals surface area contributed by atoms with Crippen LogP contribution in [-0.2, 0) is 23.3 Å². The molecule has 9 nitrogen and oxygen atoms in total. The standard InChI is InChI=1S/C27H32N6O3S/c1-31-13-15-33(16-14-31)20-10-9-19(23(18-20)36-3)17-25-28-22-11-12-32(2)26(22)27(30-25)29-21-7-5-6-8-24(21)37(4,34)35/h5-12,18H,13-17H2,1-4H3,(H,28,29,30). The maximum absolute atomic E-state index is 12.4. The first-order valence-corrected chi connectivity index (χ1v) is 14.1. The van der Waals surface area contributed by atoms with E-state index in [1.165, 1.54) is 6.26 Å². The SMILES string of the molecule is COc1cc(N2CCN(C)CC2)ccc1Cc1nc(Nc2ccccc2S(C)(=O)=O)c2c(ccn2C)n1. The van der Waals surface area contributed by atoms with Crippen LogP contribution in [0.1, 0.15) is 11.4 Å². The van der Waals surface area contributed by atoms with Crippen LogP contribution in [0.15, 0.2) is 59.6 Å². The smallest absolute Gasteiger partial charge is 0.177 e. The maximum Gasteiger partial charge on any atom is 0.177 e. The number of likely N-dealkylation sites (N-methyl/N-ethyl adjacent to an activating group) is 1. The van der Waals surface area contributed by atoms with Crippen molar-refractivity contribution in [3.8, 4) is 5.75 Å². The van der Waals surface area contributed by atoms with Crippen LogP contribution in [0.25, 0.3) is 11.0 Å². The third-order valence-electron chi connectivity index (χ3n) is 6.79. The summed E-state index contributed by atoms with van der Waals surface area (Å²) >= 11 is 0. The lowest BCUT2D eigenvalue weighted by Gasteiger charge is -2.34. The number of aryl methyl sites for hydroxylation is 1. The molecule has 1 saturated heterocycles. The van der Waals surface area contributed by atoms with E-state index in [4.69, 9.17) is 14.7 Å². The lowest BCUT2D eigenvalue weighted by molar-refractivity contribution is 0.312. The number of anilines is 3. The maximum atomic E-state index is 12.4. The molecule has 0 amide bonds. The number of benzene rings is 2. The zero-order valence-corrected chi connectivity index (χ0v) is 22.4. The molecule has 1 N–H and O–H groups in total. The van der Waals surface area contributed by atoms with Gasteiger partial charge in [0, 0.05) is 69.4 Å². The minimum absolute atomic E-state index is 0.221. The molecule has 10 heteroatoms. The number of ether oxygens (including phenoxy) is 1. The molecule has 194 valence electrons. The number of fused-ring (bicyclic) bond motifs is 1. The zero-order valence-electron chi connectivity index (χ0n) is 21.6. The first kappa shape index (κ1) is 25.0. The van der Waals surface area contributed by atoms with E-state index in [0.717, 1.165) is 54.2 Å². The highest BCUT2D eigenvalue weighted by Gasteiger charge is 2.19. The Bertz CT molecular complexity index is 1540. The molecule has 1 fully saturated rings. The number of nitrogens with one attached hydrogen (secondary N) is 1. The van der Waals surface area contributed by atoms with Gasteiger partial charge in [-0.1, -0.05) is 18.2 Å². The van der Waals surface area contributed by atoms with Crippen molar-refractivity contribution >= 4 is 38.1 Å². The average Bonchev–Trinajstić information content (AvgIpc) is 3.25. The summed E-state index contributed by atoms with van der Waals surface area (Å²) in [7, 11) is 2.32. The van der Waals surface area contributed by atoms with Gasteiger partial charge in [-0.25, -0.2) is 18.4 Å². The van der Waals surface area contributed by atoms with Crippen LogP contribution in [0, 0.1) is 0 Å². The number of nitrogens with zero attached hydrogens (tertiary/aromatic N) is 5. The van der Waals surface area contributed by atoms with Crippen LogP contribution >= 0.6 is 0 Å². The summed E-state index contributed by atoms with van der Waals surface area (Å²) in [5, 5.41) is 3.27. The van der Waals surface area contributed by atoms with Crippen molar-refractivity contribution in [3.05, 3.63) is 66.1 Å². The van der Waals surface area contributed by atoms with Crippen LogP contribution in [-0.4, -0.2) is 74.4 Å². The van der Waals surface area contributed by atoms with Crippen LogP contribution in [0.3, 0.4) is 0 Å². The van der Waals surface area contributed by atoms with Gasteiger partial charge in [0.25, 0.3) is 0 Å². The molecule has 2 aromatic heterocycles. The van der Waals surface area contributed by atoms with E-state index in [0.29, 0.717) is 23.8 Å². The molecular formula is C27H32N6O3S. The van der Waals surface area contributed by atoms with Gasteiger partial charge in [0.1, 0.15) is 17.1 Å². The lowest BCUT2D eigenvalue weighted by Crippen LogP contribution is -2.44. The van der Waals surface area contributed by atoms with E-state index in [1.54, 1.807) is 31.4 Å². The fourth-order valence-corrected chi connectivity index (χ4v) is 5.58. The fourth-order valence-electron chi connectivity index (χ4n) is 4.74. The summed E-state index contributed by atoms with van der Waals surface area (Å²) in [5.74, 6) is 1.96. The minimum atomic E-state index is -3.42. The Morgan fingerprint density at radius 2 is 1.76 bits per heavy atom. The highest BCUT2D eigenvalue weighted by atomic mass is 32.2. The molecule has 0 spiro atoms. The fraction of sp³-hybridized carbons (Fsp3) is 0.333. The molecular weight excluding hydrogens is 488 g/mol. The van der Waals surface area contributed by atoms with Crippen molar-refractivity contribution in [2.45, 2.75) is 11.3 Å². The van der Waals surface area contributed by atoms with Crippen molar-refractivity contribution < 1.29 is 13.2 Å². The van der Waals surface area contributed by atoms with Gasteiger partial charge < -0.3 is 24.4 Å². The number of rotatable bonds is 7. The number of sulfone groups is 1. The molecule has 37 heavy (non-hydrogen) atoms. The Labute approximate surface area is 217 Å². The van der Waals surface area contributed by atoms with Crippen molar-refractivity contribution in [2.75, 3.05) is 56.8 Å². The third-order valence-corrected chi connectivity index (χ3v) is 7.95. The summed E-state index contributed by atoms with van der Waals surface area (Å²) < 4.78 is 32.4. The van der Waals surface area contributed by atoms with Gasteiger partial charge in [-0.05, 0) is 31.3 Å². The van der Waals surface area contributed by atoms with Gasteiger partial charge in [-0.3, -0.25) is 0 Å². The van der Waals surface area contributed by atoms with Crippen molar-refractivity contribution in [1.82, 2.24) is 19.4 Å². The number of methoxy groups -OCH3 is 1. The van der Waals surface area contributed by atoms with E-state index in [-0.39, 0.29) is 4.90 Å². The Morgan fingerprint density at radius 1 is 1.00 bits per heavy atom. The summed E-state index contributed by atoms with van der Waals surface area (Å²) in [6.07, 6.45) is 3.59. The van der Waals surface area contributed by atoms with Gasteiger partial charge in [0.15, 0.2) is 15.7 Å². The second kappa shape index (κ2) is 10.0. The summed E-state index contributed by atoms with van der Waals surface area (Å²) in [6, 6.07) is 15.1. The molecule has 1 aliphatic rings. The topological polar surface area (TPSA) is 92.6 Å². The van der Waals surface area contributed by atoms with Gasteiger partial charge in [-0.15, -0.1) is 0 Å². The predicted octanol–water partition coefficient (Wildman–Crippen LogP) is 3.47. The normalized spacial score (nSPS) is 14.8. The molecule has 0 unspecified atom stereocenters. The van der Waals surface area contributed by atoms with E-state index < -0.39 is 9.84 Å². The largest absolute Gasteiger partial charge is 0.496 e. The zero-order chi connectivity index (χ0) is 26.2. The van der Waals surface area contributed by atoms with E-state index in [1.807, 2.05) is 23.9 Å². The van der Waals surface area contributed by atoms with E-state index in [9.17, 15) is 8.42 Å². The minimum Gasteiger partial charge on any atom is -0.496 e. The molecule has 0 bridgehead atoms. The second-order valence-electron chi connectivity index (χ2n) is 9.51. The van der Waals surface area contributed by atoms with Crippen molar-refractivity contribution in [2.24, 2.45) is 7.05 Å². The molecule has 0 atom stereocenters. The number of para-hydroxylation sites is 1. The molecule has 3 heterocycles. The molecule has 4 aromatic rings. The van der Waals surface area contributed by atoms with Crippen LogP contribution in [0.4, 0.5) is 17.2 Å². The molecule has 0 saturated carbocycles. The number of aromatic nitrogens is 3. The quantitative estimate of drug-likeness (QED) is 0.396. The number of piperazine rings is 1. The first-order valence-electron chi connectivity index (χ1n) is 12.2. The Hall–Kier alpha value is -3.63. The van der Waals surface area contributed by atoms with Crippen LogP contribution in [0.2, 0.25) is 0 Å². The Morgan fingerprint density at radius 3 is 2.49 bits per heavy atom. The number of hydrogen-bond donors (Lipinski definition) is 1. The van der Waals surface area contributed by atoms with Crippen molar-refractivity contribution in [3.63, 3.8) is 0 Å². The van der Waals surface area contributed by atoms with Gasteiger partial charge in [0.05, 0.1) is 23.2 Å². The van der Waals surface area contributed by atoms with Crippen LogP contribution < -0.4 is 15.0 Å². The average molecular weight is 521 g/mol. The molecule has 2 aromatic carbocycles. The van der Waals surface area contributed by atoms with Gasteiger partial charge in [0.2, 0.25) is 0 Å². The summed E-state index contributed by atoms with van der Waals surface area (Å²) in [4.78, 5) is 14.6. The van der Waals surface area contributed by atoms with E-state index >= 15 is 0 Å². The molecule has 1 aliphatic heterocycles. The van der Waals surface area contributed by atoms with E-state index in [2.05, 4.69) is 40.4 Å². The molecule has 0 aliphatic carbocycles. The predicted molar refractivity (Wildman–Crippen MR) is 147 cm³/mol. The monoisotopic (exact) mass is 520 g/mol.